The van der Waals surface area contributed by atoms with E-state index in [0.717, 1.165) is 21.3 Å². The average molecular weight is 791 g/mol. The molecule has 0 fully saturated rings. The number of alkyl halides is 3. The molecule has 0 radical (unpaired) electrons. The van der Waals surface area contributed by atoms with Gasteiger partial charge in [0.1, 0.15) is 28.4 Å². The summed E-state index contributed by atoms with van der Waals surface area (Å²) in [5.41, 5.74) is -0.335. The molecule has 3 heterocycles. The topological polar surface area (TPSA) is 181 Å². The number of carbonyl (C=O) groups excluding carboxylic acids is 1. The number of nitrogens with zero attached hydrogens (tertiary/aromatic N) is 7. The number of nitriles is 1. The molecule has 18 heteroatoms. The molecular formula is C38H37F3N8O6S. The van der Waals surface area contributed by atoms with Crippen molar-refractivity contribution in [2.24, 2.45) is 0 Å². The molecule has 0 aliphatic rings. The zero-order chi connectivity index (χ0) is 41.0. The van der Waals surface area contributed by atoms with Crippen LogP contribution in [-0.2, 0) is 22.8 Å². The van der Waals surface area contributed by atoms with Crippen molar-refractivity contribution in [3.05, 3.63) is 136 Å². The second-order valence-electron chi connectivity index (χ2n) is 13.5. The van der Waals surface area contributed by atoms with Crippen LogP contribution in [0.3, 0.4) is 0 Å². The quantitative estimate of drug-likeness (QED) is 0.132. The molecule has 1 amide bonds. The van der Waals surface area contributed by atoms with Crippen molar-refractivity contribution < 1.29 is 39.8 Å². The minimum atomic E-state index is -4.65. The Balaban J connectivity index is 0.000000522. The highest BCUT2D eigenvalue weighted by Gasteiger charge is 2.33. The first-order valence-corrected chi connectivity index (χ1v) is 18.4. The van der Waals surface area contributed by atoms with E-state index >= 15 is 0 Å². The Bertz CT molecular complexity index is 2540. The van der Waals surface area contributed by atoms with Gasteiger partial charge in [-0.3, -0.25) is 4.57 Å². The van der Waals surface area contributed by atoms with Crippen molar-refractivity contribution >= 4 is 16.1 Å². The molecule has 0 saturated carbocycles. The fourth-order valence-electron chi connectivity index (χ4n) is 5.75. The van der Waals surface area contributed by atoms with Gasteiger partial charge in [-0.25, -0.2) is 32.2 Å². The van der Waals surface area contributed by atoms with Gasteiger partial charge in [-0.2, -0.15) is 23.5 Å². The molecule has 292 valence electrons. The number of hydrogen-bond acceptors (Lipinski definition) is 9. The van der Waals surface area contributed by atoms with Crippen LogP contribution in [0.1, 0.15) is 47.9 Å². The van der Waals surface area contributed by atoms with E-state index in [1.165, 1.54) is 47.3 Å². The standard InChI is InChI=1S/C32H31F3N8O3.C6H6O3S/c1-6-26(29-37-18-25(46-29)19-43(3,4)5)39-30(44)41-28(27-14-15-38-42(27)23-12-10-21(17-36)11-13-23)20(2)40(31(41)45)24-9-7-8-22(16-24)32(33,34)35;7-10(8,9)6-4-2-1-3-5-6/h7-16,18,26H,6,19H2,1-5H3;1-5H,(H,7,8,9)/t26-;/m0./s1. The molecule has 0 bridgehead atoms. The fourth-order valence-corrected chi connectivity index (χ4v) is 6.24. The van der Waals surface area contributed by atoms with E-state index in [9.17, 15) is 41.0 Å². The lowest BCUT2D eigenvalue weighted by Crippen LogP contribution is -2.39. The van der Waals surface area contributed by atoms with Gasteiger partial charge in [0.15, 0.2) is 5.76 Å². The predicted octanol–water partition coefficient (Wildman–Crippen LogP) is 6.18. The monoisotopic (exact) mass is 790 g/mol. The molecular weight excluding hydrogens is 754 g/mol. The molecule has 1 atom stereocenters. The van der Waals surface area contributed by atoms with Crippen LogP contribution < -0.4 is 11.0 Å². The van der Waals surface area contributed by atoms with Crippen LogP contribution in [0.15, 0.2) is 111 Å². The molecule has 0 unspecified atom stereocenters. The highest BCUT2D eigenvalue weighted by Crippen LogP contribution is 2.32. The summed E-state index contributed by atoms with van der Waals surface area (Å²) in [6, 6.07) is 20.1. The number of aromatic nitrogens is 5. The van der Waals surface area contributed by atoms with Gasteiger partial charge >= 0.3 is 17.9 Å². The number of halogens is 3. The maximum atomic E-state index is 14.1. The first-order valence-electron chi connectivity index (χ1n) is 17.0. The van der Waals surface area contributed by atoms with E-state index in [2.05, 4.69) is 15.4 Å². The van der Waals surface area contributed by atoms with Crippen LogP contribution in [0.25, 0.3) is 22.8 Å². The molecule has 3 aromatic heterocycles. The molecule has 0 aliphatic carbocycles. The number of benzene rings is 3. The highest BCUT2D eigenvalue weighted by atomic mass is 32.2. The number of imidazole rings is 1. The zero-order valence-corrected chi connectivity index (χ0v) is 31.7. The maximum absolute atomic E-state index is 14.1. The molecule has 6 aromatic rings. The fraction of sp³-hybridized carbons (Fsp3) is 0.237. The van der Waals surface area contributed by atoms with E-state index in [1.807, 2.05) is 34.1 Å². The number of oxazole rings is 1. The van der Waals surface area contributed by atoms with E-state index in [1.54, 1.807) is 49.5 Å². The van der Waals surface area contributed by atoms with Gasteiger partial charge < -0.3 is 18.8 Å². The van der Waals surface area contributed by atoms with Crippen LogP contribution in [-0.4, -0.2) is 68.5 Å². The van der Waals surface area contributed by atoms with Crippen molar-refractivity contribution in [2.45, 2.75) is 43.9 Å². The van der Waals surface area contributed by atoms with Crippen LogP contribution in [0.4, 0.5) is 18.0 Å². The van der Waals surface area contributed by atoms with Gasteiger partial charge in [-0.05, 0) is 74.0 Å². The van der Waals surface area contributed by atoms with Crippen molar-refractivity contribution in [1.29, 1.82) is 5.26 Å². The van der Waals surface area contributed by atoms with Gasteiger partial charge in [0.25, 0.3) is 0 Å². The van der Waals surface area contributed by atoms with Crippen molar-refractivity contribution in [3.63, 3.8) is 0 Å². The summed E-state index contributed by atoms with van der Waals surface area (Å²) in [5.74, 6) is 0.872. The third-order valence-electron chi connectivity index (χ3n) is 8.28. The Morgan fingerprint density at radius 3 is 2.27 bits per heavy atom. The van der Waals surface area contributed by atoms with Crippen LogP contribution >= 0.6 is 0 Å². The summed E-state index contributed by atoms with van der Waals surface area (Å²) in [7, 11) is 1.73. The summed E-state index contributed by atoms with van der Waals surface area (Å²) < 4.78 is 81.7. The summed E-state index contributed by atoms with van der Waals surface area (Å²) in [6.45, 7) is 3.91. The lowest BCUT2D eigenvalue weighted by Gasteiger charge is -2.22. The second-order valence-corrected chi connectivity index (χ2v) is 14.9. The Kier molecular flexibility index (Phi) is 11.8. The first kappa shape index (κ1) is 40.9. The molecule has 0 spiro atoms. The van der Waals surface area contributed by atoms with Gasteiger partial charge in [-0.1, -0.05) is 31.2 Å². The van der Waals surface area contributed by atoms with E-state index in [4.69, 9.17) is 4.42 Å². The summed E-state index contributed by atoms with van der Waals surface area (Å²) in [6.07, 6.45) is -1.22. The van der Waals surface area contributed by atoms with Crippen LogP contribution in [0.2, 0.25) is 0 Å². The lowest BCUT2D eigenvalue weighted by atomic mass is 10.1. The number of carbonyl (C=O) groups is 1. The molecule has 0 aliphatic heterocycles. The molecule has 56 heavy (non-hydrogen) atoms. The number of hydrogen-bond donors (Lipinski definition) is 1. The van der Waals surface area contributed by atoms with Gasteiger partial charge in [0.2, 0.25) is 5.89 Å². The largest absolute Gasteiger partial charge is 0.744 e. The molecule has 14 nitrogen and oxygen atoms in total. The van der Waals surface area contributed by atoms with Crippen molar-refractivity contribution in [2.75, 3.05) is 21.1 Å². The Labute approximate surface area is 320 Å². The molecule has 3 aromatic carbocycles. The minimum absolute atomic E-state index is 0.0701. The third-order valence-corrected chi connectivity index (χ3v) is 9.13. The predicted molar refractivity (Wildman–Crippen MR) is 197 cm³/mol. The van der Waals surface area contributed by atoms with Gasteiger partial charge in [0.05, 0.1) is 78.4 Å². The third kappa shape index (κ3) is 9.32. The Morgan fingerprint density at radius 2 is 1.70 bits per heavy atom. The highest BCUT2D eigenvalue weighted by molar-refractivity contribution is 7.85. The molecule has 0 saturated heterocycles. The normalized spacial score (nSPS) is 12.4. The summed E-state index contributed by atoms with van der Waals surface area (Å²) in [4.78, 5) is 32.3. The Hall–Kier alpha value is -6.29. The number of quaternary nitrogens is 1. The number of nitrogens with one attached hydrogen (secondary N) is 1. The van der Waals surface area contributed by atoms with Crippen molar-refractivity contribution in [1.82, 2.24) is 29.2 Å². The summed E-state index contributed by atoms with van der Waals surface area (Å²) >= 11 is 0. The minimum Gasteiger partial charge on any atom is -0.744 e. The molecule has 6 rings (SSSR count). The van der Waals surface area contributed by atoms with E-state index in [-0.39, 0.29) is 27.9 Å². The van der Waals surface area contributed by atoms with Crippen molar-refractivity contribution in [3.8, 4) is 28.8 Å². The zero-order valence-electron chi connectivity index (χ0n) is 30.9. The Morgan fingerprint density at radius 1 is 1.02 bits per heavy atom. The van der Waals surface area contributed by atoms with E-state index in [0.29, 0.717) is 40.2 Å². The van der Waals surface area contributed by atoms with Crippen LogP contribution in [0.5, 0.6) is 0 Å². The van der Waals surface area contributed by atoms with Gasteiger partial charge in [0, 0.05) is 0 Å². The maximum Gasteiger partial charge on any atom is 0.416 e. The number of amides is 1. The SMILES string of the molecule is CC[C@H](NC(=O)n1c(-c2ccnn2-c2ccc(C#N)cc2)c(C)n(-c2cccc(C(F)(F)F)c2)c1=O)c1ncc(C[N+](C)(C)C)o1.O=S(=O)([O-])c1ccccc1. The average Bonchev–Trinajstić information content (AvgIpc) is 3.87. The van der Waals surface area contributed by atoms with E-state index < -0.39 is 39.6 Å². The molecule has 1 N–H and O–H groups in total. The smallest absolute Gasteiger partial charge is 0.416 e. The van der Waals surface area contributed by atoms with Crippen LogP contribution in [0, 0.1) is 18.3 Å². The summed E-state index contributed by atoms with van der Waals surface area (Å²) in [5, 5.41) is 16.4. The number of rotatable bonds is 9. The lowest BCUT2D eigenvalue weighted by molar-refractivity contribution is -0.884. The first-order chi connectivity index (χ1) is 26.3. The second kappa shape index (κ2) is 16.2. The van der Waals surface area contributed by atoms with Gasteiger partial charge in [-0.15, -0.1) is 0 Å².